The van der Waals surface area contributed by atoms with Crippen LogP contribution < -0.4 is 10.1 Å². The van der Waals surface area contributed by atoms with Gasteiger partial charge in [0.25, 0.3) is 0 Å². The predicted molar refractivity (Wildman–Crippen MR) is 81.0 cm³/mol. The summed E-state index contributed by atoms with van der Waals surface area (Å²) in [4.78, 5) is 10.8. The smallest absolute Gasteiger partial charge is 0.213 e. The van der Waals surface area contributed by atoms with Crippen molar-refractivity contribution in [1.82, 2.24) is 15.2 Å². The van der Waals surface area contributed by atoms with Crippen molar-refractivity contribution in [2.45, 2.75) is 26.3 Å². The molecule has 110 valence electrons. The fourth-order valence-corrected chi connectivity index (χ4v) is 2.41. The van der Waals surface area contributed by atoms with Crippen molar-refractivity contribution in [3.8, 4) is 5.88 Å². The van der Waals surface area contributed by atoms with Crippen LogP contribution in [0.4, 0.5) is 0 Å². The van der Waals surface area contributed by atoms with E-state index in [1.54, 1.807) is 13.3 Å². The van der Waals surface area contributed by atoms with E-state index >= 15 is 0 Å². The first-order chi connectivity index (χ1) is 9.72. The Morgan fingerprint density at radius 3 is 2.90 bits per heavy atom. The van der Waals surface area contributed by atoms with Crippen molar-refractivity contribution in [2.75, 3.05) is 27.2 Å². The average molecular weight is 276 g/mol. The van der Waals surface area contributed by atoms with Gasteiger partial charge < -0.3 is 15.0 Å². The highest BCUT2D eigenvalue weighted by Gasteiger charge is 2.18. The van der Waals surface area contributed by atoms with Gasteiger partial charge in [0.15, 0.2) is 5.96 Å². The number of nitrogens with zero attached hydrogens (tertiary/aromatic N) is 3. The molecule has 5 nitrogen and oxygen atoms in total. The topological polar surface area (TPSA) is 49.8 Å². The Bertz CT molecular complexity index is 453. The van der Waals surface area contributed by atoms with Gasteiger partial charge in [0, 0.05) is 38.9 Å². The lowest BCUT2D eigenvalue weighted by Gasteiger charge is -2.32. The molecular weight excluding hydrogens is 252 g/mol. The van der Waals surface area contributed by atoms with E-state index in [-0.39, 0.29) is 0 Å². The molecule has 0 aliphatic carbocycles. The summed E-state index contributed by atoms with van der Waals surface area (Å²) in [5, 5.41) is 3.41. The van der Waals surface area contributed by atoms with Crippen LogP contribution in [0.15, 0.2) is 23.3 Å². The quantitative estimate of drug-likeness (QED) is 0.676. The molecule has 1 N–H and O–H groups in total. The maximum absolute atomic E-state index is 5.14. The fourth-order valence-electron chi connectivity index (χ4n) is 2.41. The normalized spacial score (nSPS) is 17.1. The number of rotatable bonds is 3. The molecule has 0 unspecified atom stereocenters. The lowest BCUT2D eigenvalue weighted by molar-refractivity contribution is 0.273. The molecule has 1 aromatic rings. The number of pyridine rings is 1. The van der Waals surface area contributed by atoms with Gasteiger partial charge in [-0.2, -0.15) is 0 Å². The Morgan fingerprint density at radius 2 is 2.25 bits per heavy atom. The summed E-state index contributed by atoms with van der Waals surface area (Å²) in [5.74, 6) is 2.45. The molecule has 5 heteroatoms. The number of hydrogen-bond donors (Lipinski definition) is 1. The molecular formula is C15H24N4O. The first-order valence-electron chi connectivity index (χ1n) is 7.17. The van der Waals surface area contributed by atoms with Gasteiger partial charge in [0.05, 0.1) is 7.11 Å². The Kier molecular flexibility index (Phi) is 5.21. The summed E-state index contributed by atoms with van der Waals surface area (Å²) in [6.07, 6.45) is 4.24. The molecule has 0 saturated carbocycles. The van der Waals surface area contributed by atoms with E-state index in [0.29, 0.717) is 5.88 Å². The number of guanidine groups is 1. The van der Waals surface area contributed by atoms with Gasteiger partial charge >= 0.3 is 0 Å². The van der Waals surface area contributed by atoms with E-state index in [4.69, 9.17) is 4.74 Å². The molecule has 20 heavy (non-hydrogen) atoms. The Labute approximate surface area is 121 Å². The molecule has 0 bridgehead atoms. The average Bonchev–Trinajstić information content (AvgIpc) is 2.50. The summed E-state index contributed by atoms with van der Waals surface area (Å²) in [6.45, 7) is 5.22. The van der Waals surface area contributed by atoms with Gasteiger partial charge in [-0.25, -0.2) is 4.98 Å². The highest BCUT2D eigenvalue weighted by Crippen LogP contribution is 2.16. The molecule has 1 aromatic heterocycles. The summed E-state index contributed by atoms with van der Waals surface area (Å²) < 4.78 is 5.14. The minimum atomic E-state index is 0.645. The summed E-state index contributed by atoms with van der Waals surface area (Å²) in [6, 6.07) is 3.93. The molecule has 1 fully saturated rings. The number of hydrogen-bond acceptors (Lipinski definition) is 3. The van der Waals surface area contributed by atoms with E-state index in [9.17, 15) is 0 Å². The number of nitrogens with one attached hydrogen (secondary N) is 1. The highest BCUT2D eigenvalue weighted by atomic mass is 16.5. The number of aliphatic imine (C=N–C) groups is 1. The molecule has 1 aliphatic heterocycles. The number of ether oxygens (including phenoxy) is 1. The Hall–Kier alpha value is -1.78. The number of piperidine rings is 1. The van der Waals surface area contributed by atoms with Crippen LogP contribution in [0.3, 0.4) is 0 Å². The molecule has 0 spiro atoms. The van der Waals surface area contributed by atoms with Gasteiger partial charge in [0.1, 0.15) is 0 Å². The number of likely N-dealkylation sites (tertiary alicyclic amines) is 1. The molecule has 2 rings (SSSR count). The van der Waals surface area contributed by atoms with Crippen molar-refractivity contribution in [3.63, 3.8) is 0 Å². The SMILES string of the molecule is CN=C(NCc1ccnc(OC)c1)N1CCC(C)CC1. The Balaban J connectivity index is 1.90. The van der Waals surface area contributed by atoms with Gasteiger partial charge in [0.2, 0.25) is 5.88 Å². The van der Waals surface area contributed by atoms with Gasteiger partial charge in [-0.3, -0.25) is 4.99 Å². The lowest BCUT2D eigenvalue weighted by Crippen LogP contribution is -2.45. The maximum atomic E-state index is 5.14. The minimum absolute atomic E-state index is 0.645. The number of methoxy groups -OCH3 is 1. The largest absolute Gasteiger partial charge is 0.481 e. The van der Waals surface area contributed by atoms with E-state index in [2.05, 4.69) is 27.1 Å². The van der Waals surface area contributed by atoms with Crippen LogP contribution in [0, 0.1) is 5.92 Å². The molecule has 2 heterocycles. The van der Waals surface area contributed by atoms with Gasteiger partial charge in [-0.05, 0) is 30.4 Å². The summed E-state index contributed by atoms with van der Waals surface area (Å²) in [7, 11) is 3.47. The first-order valence-corrected chi connectivity index (χ1v) is 7.17. The number of aromatic nitrogens is 1. The van der Waals surface area contributed by atoms with Crippen molar-refractivity contribution in [1.29, 1.82) is 0 Å². The second kappa shape index (κ2) is 7.12. The van der Waals surface area contributed by atoms with Crippen LogP contribution in [0.2, 0.25) is 0 Å². The maximum Gasteiger partial charge on any atom is 0.213 e. The third kappa shape index (κ3) is 3.85. The summed E-state index contributed by atoms with van der Waals surface area (Å²) in [5.41, 5.74) is 1.14. The van der Waals surface area contributed by atoms with Crippen LogP contribution in [0.1, 0.15) is 25.3 Å². The zero-order chi connectivity index (χ0) is 14.4. The van der Waals surface area contributed by atoms with Crippen LogP contribution >= 0.6 is 0 Å². The third-order valence-corrected chi connectivity index (χ3v) is 3.75. The summed E-state index contributed by atoms with van der Waals surface area (Å²) >= 11 is 0. The first kappa shape index (κ1) is 14.6. The van der Waals surface area contributed by atoms with Crippen LogP contribution in [-0.4, -0.2) is 43.1 Å². The van der Waals surface area contributed by atoms with Crippen molar-refractivity contribution in [3.05, 3.63) is 23.9 Å². The lowest BCUT2D eigenvalue weighted by atomic mass is 10.00. The van der Waals surface area contributed by atoms with Gasteiger partial charge in [-0.15, -0.1) is 0 Å². The zero-order valence-corrected chi connectivity index (χ0v) is 12.6. The van der Waals surface area contributed by atoms with E-state index in [1.165, 1.54) is 12.8 Å². The van der Waals surface area contributed by atoms with Crippen LogP contribution in [0.25, 0.3) is 0 Å². The molecule has 0 amide bonds. The van der Waals surface area contributed by atoms with E-state index < -0.39 is 0 Å². The minimum Gasteiger partial charge on any atom is -0.481 e. The Morgan fingerprint density at radius 1 is 1.50 bits per heavy atom. The zero-order valence-electron chi connectivity index (χ0n) is 12.6. The monoisotopic (exact) mass is 276 g/mol. The van der Waals surface area contributed by atoms with Gasteiger partial charge in [-0.1, -0.05) is 6.92 Å². The second-order valence-corrected chi connectivity index (χ2v) is 5.28. The van der Waals surface area contributed by atoms with Crippen molar-refractivity contribution < 1.29 is 4.74 Å². The predicted octanol–water partition coefficient (Wildman–Crippen LogP) is 1.90. The van der Waals surface area contributed by atoms with Crippen molar-refractivity contribution in [2.24, 2.45) is 10.9 Å². The van der Waals surface area contributed by atoms with E-state index in [0.717, 1.165) is 37.1 Å². The van der Waals surface area contributed by atoms with Crippen LogP contribution in [0.5, 0.6) is 5.88 Å². The standard InChI is InChI=1S/C15H24N4O/c1-12-5-8-19(9-6-12)15(16-2)18-11-13-4-7-17-14(10-13)20-3/h4,7,10,12H,5-6,8-9,11H2,1-3H3,(H,16,18). The highest BCUT2D eigenvalue weighted by molar-refractivity contribution is 5.79. The molecule has 0 atom stereocenters. The van der Waals surface area contributed by atoms with Crippen molar-refractivity contribution >= 4 is 5.96 Å². The molecule has 0 aromatic carbocycles. The molecule has 1 aliphatic rings. The third-order valence-electron chi connectivity index (χ3n) is 3.75. The fraction of sp³-hybridized carbons (Fsp3) is 0.600. The molecule has 1 saturated heterocycles. The van der Waals surface area contributed by atoms with E-state index in [1.807, 2.05) is 19.2 Å². The second-order valence-electron chi connectivity index (χ2n) is 5.28. The molecule has 0 radical (unpaired) electrons. The van der Waals surface area contributed by atoms with Crippen LogP contribution in [-0.2, 0) is 6.54 Å².